The van der Waals surface area contributed by atoms with Gasteiger partial charge in [0, 0.05) is 5.39 Å². The molecule has 2 aromatic rings. The van der Waals surface area contributed by atoms with E-state index in [4.69, 9.17) is 0 Å². The predicted octanol–water partition coefficient (Wildman–Crippen LogP) is 4.47. The summed E-state index contributed by atoms with van der Waals surface area (Å²) in [6, 6.07) is 8.82. The number of nitrogens with zero attached hydrogens (tertiary/aromatic N) is 1. The molecule has 1 aromatic heterocycles. The highest BCUT2D eigenvalue weighted by molar-refractivity contribution is 7.91. The summed E-state index contributed by atoms with van der Waals surface area (Å²) in [6.07, 6.45) is 3.91. The van der Waals surface area contributed by atoms with Gasteiger partial charge < -0.3 is 5.11 Å². The molecule has 140 valence electrons. The minimum atomic E-state index is -4.01. The summed E-state index contributed by atoms with van der Waals surface area (Å²) < 4.78 is 40.8. The van der Waals surface area contributed by atoms with Crippen molar-refractivity contribution in [2.75, 3.05) is 0 Å². The van der Waals surface area contributed by atoms with Crippen LogP contribution in [0.1, 0.15) is 45.4 Å². The standard InChI is InChI=1S/C20H24FNO3S/c1-4-14(2)19(23)18-12-15-8-5-6-10-17(15)22(18)26(24,25)20(3)11-7-9-16(21)13-20/h5-10,12-14,19,23H,4,11H2,1-3H3. The lowest BCUT2D eigenvalue weighted by Crippen LogP contribution is -2.39. The molecule has 6 heteroatoms. The molecular formula is C20H24FNO3S. The average molecular weight is 377 g/mol. The Morgan fingerprint density at radius 2 is 2.04 bits per heavy atom. The Bertz CT molecular complexity index is 990. The quantitative estimate of drug-likeness (QED) is 0.836. The lowest BCUT2D eigenvalue weighted by Gasteiger charge is -2.30. The second-order valence-electron chi connectivity index (χ2n) is 7.18. The van der Waals surface area contributed by atoms with Crippen LogP contribution >= 0.6 is 0 Å². The van der Waals surface area contributed by atoms with Crippen LogP contribution in [0.15, 0.2) is 54.4 Å². The molecule has 0 radical (unpaired) electrons. The Hall–Kier alpha value is -1.92. The van der Waals surface area contributed by atoms with Crippen LogP contribution in [0.4, 0.5) is 4.39 Å². The number of aliphatic hydroxyl groups excluding tert-OH is 1. The fourth-order valence-electron chi connectivity index (χ4n) is 3.33. The van der Waals surface area contributed by atoms with E-state index in [1.165, 1.54) is 23.0 Å². The van der Waals surface area contributed by atoms with Gasteiger partial charge in [-0.25, -0.2) is 16.8 Å². The molecule has 0 saturated carbocycles. The van der Waals surface area contributed by atoms with Gasteiger partial charge in [-0.2, -0.15) is 0 Å². The van der Waals surface area contributed by atoms with Gasteiger partial charge in [-0.05, 0) is 43.5 Å². The van der Waals surface area contributed by atoms with Crippen molar-refractivity contribution >= 4 is 20.9 Å². The molecule has 1 aliphatic rings. The van der Waals surface area contributed by atoms with Gasteiger partial charge in [-0.3, -0.25) is 0 Å². The number of rotatable bonds is 5. The number of benzene rings is 1. The Balaban J connectivity index is 2.28. The normalized spacial score (nSPS) is 23.0. The molecule has 1 aliphatic carbocycles. The number of aromatic nitrogens is 1. The Morgan fingerprint density at radius 3 is 2.69 bits per heavy atom. The van der Waals surface area contributed by atoms with Gasteiger partial charge in [-0.1, -0.05) is 44.5 Å². The van der Waals surface area contributed by atoms with Gasteiger partial charge in [0.2, 0.25) is 10.0 Å². The van der Waals surface area contributed by atoms with E-state index in [9.17, 15) is 17.9 Å². The number of hydrogen-bond donors (Lipinski definition) is 1. The summed E-state index contributed by atoms with van der Waals surface area (Å²) in [4.78, 5) is 0. The SMILES string of the molecule is CCC(C)C(O)c1cc2ccccc2n1S(=O)(=O)C1(C)C=C(F)C=CC1. The largest absolute Gasteiger partial charge is 0.387 e. The number of para-hydroxylation sites is 1. The lowest BCUT2D eigenvalue weighted by molar-refractivity contribution is 0.111. The van der Waals surface area contributed by atoms with Crippen LogP contribution in [0.25, 0.3) is 10.9 Å². The second-order valence-corrected chi connectivity index (χ2v) is 9.42. The first-order valence-corrected chi connectivity index (χ1v) is 10.2. The minimum Gasteiger partial charge on any atom is -0.387 e. The number of fused-ring (bicyclic) bond motifs is 1. The molecule has 3 rings (SSSR count). The molecule has 0 spiro atoms. The molecular weight excluding hydrogens is 353 g/mol. The number of aliphatic hydroxyl groups is 1. The molecule has 0 bridgehead atoms. The fraction of sp³-hybridized carbons (Fsp3) is 0.400. The van der Waals surface area contributed by atoms with Gasteiger partial charge in [0.1, 0.15) is 10.6 Å². The third kappa shape index (κ3) is 2.91. The van der Waals surface area contributed by atoms with E-state index in [2.05, 4.69) is 0 Å². The Labute approximate surface area is 153 Å². The van der Waals surface area contributed by atoms with Gasteiger partial charge in [0.25, 0.3) is 0 Å². The van der Waals surface area contributed by atoms with E-state index in [0.717, 1.165) is 11.5 Å². The highest BCUT2D eigenvalue weighted by Gasteiger charge is 2.42. The number of halogens is 1. The molecule has 4 nitrogen and oxygen atoms in total. The monoisotopic (exact) mass is 377 g/mol. The van der Waals surface area contributed by atoms with E-state index in [-0.39, 0.29) is 12.3 Å². The van der Waals surface area contributed by atoms with Crippen molar-refractivity contribution in [2.24, 2.45) is 5.92 Å². The van der Waals surface area contributed by atoms with E-state index < -0.39 is 26.7 Å². The fourth-order valence-corrected chi connectivity index (χ4v) is 5.18. The third-order valence-corrected chi connectivity index (χ3v) is 7.60. The molecule has 26 heavy (non-hydrogen) atoms. The Morgan fingerprint density at radius 1 is 1.35 bits per heavy atom. The number of allylic oxidation sites excluding steroid dienone is 3. The molecule has 1 aromatic carbocycles. The zero-order valence-electron chi connectivity index (χ0n) is 15.2. The second kappa shape index (κ2) is 6.67. The lowest BCUT2D eigenvalue weighted by atomic mass is 9.99. The zero-order chi connectivity index (χ0) is 19.1. The van der Waals surface area contributed by atoms with E-state index >= 15 is 0 Å². The highest BCUT2D eigenvalue weighted by atomic mass is 32.2. The summed E-state index contributed by atoms with van der Waals surface area (Å²) in [6.45, 7) is 5.34. The van der Waals surface area contributed by atoms with Crippen molar-refractivity contribution in [2.45, 2.75) is 44.5 Å². The smallest absolute Gasteiger partial charge is 0.248 e. The maximum absolute atomic E-state index is 13.9. The molecule has 3 unspecified atom stereocenters. The molecule has 1 N–H and O–H groups in total. The molecule has 0 fully saturated rings. The molecule has 1 heterocycles. The number of hydrogen-bond acceptors (Lipinski definition) is 3. The summed E-state index contributed by atoms with van der Waals surface area (Å²) in [5.74, 6) is -0.678. The van der Waals surface area contributed by atoms with Crippen molar-refractivity contribution < 1.29 is 17.9 Å². The summed E-state index contributed by atoms with van der Waals surface area (Å²) in [5.41, 5.74) is 0.819. The molecule has 0 amide bonds. The summed E-state index contributed by atoms with van der Waals surface area (Å²) >= 11 is 0. The first-order chi connectivity index (χ1) is 12.2. The molecule has 0 saturated heterocycles. The van der Waals surface area contributed by atoms with Gasteiger partial charge in [-0.15, -0.1) is 0 Å². The maximum atomic E-state index is 13.9. The highest BCUT2D eigenvalue weighted by Crippen LogP contribution is 2.37. The topological polar surface area (TPSA) is 59.3 Å². The summed E-state index contributed by atoms with van der Waals surface area (Å²) in [5, 5.41) is 11.5. The van der Waals surface area contributed by atoms with Crippen LogP contribution in [0.3, 0.4) is 0 Å². The van der Waals surface area contributed by atoms with Crippen molar-refractivity contribution in [1.82, 2.24) is 3.97 Å². The van der Waals surface area contributed by atoms with Crippen molar-refractivity contribution in [3.8, 4) is 0 Å². The summed E-state index contributed by atoms with van der Waals surface area (Å²) in [7, 11) is -4.01. The van der Waals surface area contributed by atoms with E-state index in [1.807, 2.05) is 26.0 Å². The van der Waals surface area contributed by atoms with Gasteiger partial charge >= 0.3 is 0 Å². The van der Waals surface area contributed by atoms with Crippen LogP contribution in [0, 0.1) is 5.92 Å². The van der Waals surface area contributed by atoms with Crippen molar-refractivity contribution in [1.29, 1.82) is 0 Å². The van der Waals surface area contributed by atoms with Crippen molar-refractivity contribution in [3.63, 3.8) is 0 Å². The molecule has 3 atom stereocenters. The first-order valence-electron chi connectivity index (χ1n) is 8.80. The molecule has 0 aliphatic heterocycles. The van der Waals surface area contributed by atoms with Crippen LogP contribution in [-0.4, -0.2) is 22.2 Å². The predicted molar refractivity (Wildman–Crippen MR) is 102 cm³/mol. The Kier molecular flexibility index (Phi) is 4.84. The van der Waals surface area contributed by atoms with Gasteiger partial charge in [0.05, 0.1) is 17.3 Å². The van der Waals surface area contributed by atoms with Crippen LogP contribution in [0.2, 0.25) is 0 Å². The maximum Gasteiger partial charge on any atom is 0.248 e. The average Bonchev–Trinajstić information content (AvgIpc) is 3.00. The van der Waals surface area contributed by atoms with E-state index in [0.29, 0.717) is 17.6 Å². The zero-order valence-corrected chi connectivity index (χ0v) is 16.0. The first kappa shape index (κ1) is 18.9. The van der Waals surface area contributed by atoms with E-state index in [1.54, 1.807) is 18.2 Å². The minimum absolute atomic E-state index is 0.111. The van der Waals surface area contributed by atoms with Crippen LogP contribution in [-0.2, 0) is 10.0 Å². The van der Waals surface area contributed by atoms with Gasteiger partial charge in [0.15, 0.2) is 0 Å². The third-order valence-electron chi connectivity index (χ3n) is 5.25. The van der Waals surface area contributed by atoms with Crippen LogP contribution < -0.4 is 0 Å². The van der Waals surface area contributed by atoms with Crippen molar-refractivity contribution in [3.05, 3.63) is 60.1 Å². The van der Waals surface area contributed by atoms with Crippen LogP contribution in [0.5, 0.6) is 0 Å².